The van der Waals surface area contributed by atoms with Crippen molar-refractivity contribution in [3.63, 3.8) is 0 Å². The monoisotopic (exact) mass is 476 g/mol. The van der Waals surface area contributed by atoms with Gasteiger partial charge in [0.2, 0.25) is 0 Å². The number of H-pyrrole nitrogens is 1. The van der Waals surface area contributed by atoms with E-state index in [0.717, 1.165) is 54.2 Å². The third-order valence-electron chi connectivity index (χ3n) is 4.51. The van der Waals surface area contributed by atoms with Gasteiger partial charge in [-0.3, -0.25) is 4.99 Å². The Bertz CT molecular complexity index is 718. The first-order valence-electron chi connectivity index (χ1n) is 8.54. The number of hydrogen-bond donors (Lipinski definition) is 2. The number of nitrogens with zero attached hydrogens (tertiary/aromatic N) is 2. The van der Waals surface area contributed by atoms with Crippen LogP contribution in [0.25, 0.3) is 10.9 Å². The van der Waals surface area contributed by atoms with E-state index in [-0.39, 0.29) is 29.8 Å². The second-order valence-electron chi connectivity index (χ2n) is 6.07. The molecule has 0 bridgehead atoms. The number of halogens is 2. The molecule has 1 unspecified atom stereocenters. The zero-order valence-corrected chi connectivity index (χ0v) is 17.9. The van der Waals surface area contributed by atoms with Crippen LogP contribution in [0.15, 0.2) is 29.4 Å². The smallest absolute Gasteiger partial charge is 0.193 e. The minimum atomic E-state index is -0.191. The molecule has 1 aromatic heterocycles. The van der Waals surface area contributed by atoms with E-state index in [1.165, 1.54) is 12.5 Å². The molecule has 3 rings (SSSR count). The van der Waals surface area contributed by atoms with E-state index in [1.807, 2.05) is 13.2 Å². The standard InChI is InChI=1S/C18H25FN4S.HI/c1-3-15-12-23(8-9-24-15)18(20-2)21-7-6-13-11-22-17-5-4-14(19)10-16(13)17;/h4-5,10-11,15,22H,3,6-9,12H2,1-2H3,(H,20,21);1H. The van der Waals surface area contributed by atoms with Crippen molar-refractivity contribution in [1.29, 1.82) is 0 Å². The van der Waals surface area contributed by atoms with Gasteiger partial charge in [0.1, 0.15) is 5.82 Å². The minimum Gasteiger partial charge on any atom is -0.361 e. The van der Waals surface area contributed by atoms with Crippen molar-refractivity contribution in [2.45, 2.75) is 25.0 Å². The average Bonchev–Trinajstić information content (AvgIpc) is 3.01. The summed E-state index contributed by atoms with van der Waals surface area (Å²) in [5.41, 5.74) is 2.11. The molecule has 2 aromatic rings. The number of hydrogen-bond acceptors (Lipinski definition) is 2. The number of fused-ring (bicyclic) bond motifs is 1. The molecular weight excluding hydrogens is 450 g/mol. The second-order valence-corrected chi connectivity index (χ2v) is 7.48. The van der Waals surface area contributed by atoms with Gasteiger partial charge < -0.3 is 15.2 Å². The van der Waals surface area contributed by atoms with Crippen molar-refractivity contribution < 1.29 is 4.39 Å². The Kier molecular flexibility index (Phi) is 7.86. The Morgan fingerprint density at radius 1 is 1.48 bits per heavy atom. The first-order chi connectivity index (χ1) is 11.7. The molecule has 0 saturated carbocycles. The number of aliphatic imine (C=N–C) groups is 1. The predicted molar refractivity (Wildman–Crippen MR) is 117 cm³/mol. The van der Waals surface area contributed by atoms with Crippen LogP contribution in [0.1, 0.15) is 18.9 Å². The van der Waals surface area contributed by atoms with Gasteiger partial charge in [0.25, 0.3) is 0 Å². The summed E-state index contributed by atoms with van der Waals surface area (Å²) in [6.07, 6.45) is 4.00. The van der Waals surface area contributed by atoms with Crippen LogP contribution >= 0.6 is 35.7 Å². The van der Waals surface area contributed by atoms with Gasteiger partial charge in [0.15, 0.2) is 5.96 Å². The SMILES string of the molecule is CCC1CN(C(=NC)NCCc2c[nH]c3ccc(F)cc23)CCS1.I. The summed E-state index contributed by atoms with van der Waals surface area (Å²) >= 11 is 2.06. The first-order valence-corrected chi connectivity index (χ1v) is 9.59. The summed E-state index contributed by atoms with van der Waals surface area (Å²) in [4.78, 5) is 9.98. The lowest BCUT2D eigenvalue weighted by molar-refractivity contribution is 0.408. The number of thioether (sulfide) groups is 1. The molecule has 25 heavy (non-hydrogen) atoms. The maximum atomic E-state index is 13.5. The van der Waals surface area contributed by atoms with Gasteiger partial charge in [-0.1, -0.05) is 6.92 Å². The van der Waals surface area contributed by atoms with Gasteiger partial charge in [-0.25, -0.2) is 4.39 Å². The Labute approximate surface area is 170 Å². The molecule has 4 nitrogen and oxygen atoms in total. The summed E-state index contributed by atoms with van der Waals surface area (Å²) in [5.74, 6) is 1.93. The number of nitrogens with one attached hydrogen (secondary N) is 2. The van der Waals surface area contributed by atoms with E-state index < -0.39 is 0 Å². The van der Waals surface area contributed by atoms with Gasteiger partial charge in [-0.2, -0.15) is 11.8 Å². The van der Waals surface area contributed by atoms with Gasteiger partial charge in [-0.05, 0) is 36.6 Å². The van der Waals surface area contributed by atoms with Crippen LogP contribution in [0.4, 0.5) is 4.39 Å². The van der Waals surface area contributed by atoms with Crippen molar-refractivity contribution >= 4 is 52.6 Å². The molecule has 1 aliphatic rings. The Morgan fingerprint density at radius 3 is 3.08 bits per heavy atom. The lowest BCUT2D eigenvalue weighted by atomic mass is 10.1. The van der Waals surface area contributed by atoms with E-state index >= 15 is 0 Å². The number of guanidine groups is 1. The van der Waals surface area contributed by atoms with Crippen LogP contribution in [0.3, 0.4) is 0 Å². The summed E-state index contributed by atoms with van der Waals surface area (Å²) in [5, 5.41) is 5.11. The zero-order chi connectivity index (χ0) is 16.9. The van der Waals surface area contributed by atoms with Crippen LogP contribution in [0, 0.1) is 5.82 Å². The molecule has 2 heterocycles. The van der Waals surface area contributed by atoms with Crippen LogP contribution in [-0.2, 0) is 6.42 Å². The van der Waals surface area contributed by atoms with Gasteiger partial charge in [-0.15, -0.1) is 24.0 Å². The summed E-state index contributed by atoms with van der Waals surface area (Å²) in [6.45, 7) is 5.13. The van der Waals surface area contributed by atoms with E-state index in [1.54, 1.807) is 12.1 Å². The van der Waals surface area contributed by atoms with Crippen LogP contribution in [0.5, 0.6) is 0 Å². The molecule has 2 N–H and O–H groups in total. The van der Waals surface area contributed by atoms with Crippen LogP contribution in [-0.4, -0.2) is 53.5 Å². The van der Waals surface area contributed by atoms with Crippen LogP contribution < -0.4 is 5.32 Å². The largest absolute Gasteiger partial charge is 0.361 e. The number of aromatic amines is 1. The maximum Gasteiger partial charge on any atom is 0.193 e. The number of rotatable bonds is 4. The van der Waals surface area contributed by atoms with Crippen LogP contribution in [0.2, 0.25) is 0 Å². The van der Waals surface area contributed by atoms with Crippen molar-refractivity contribution in [3.05, 3.63) is 35.8 Å². The third-order valence-corrected chi connectivity index (χ3v) is 5.88. The highest BCUT2D eigenvalue weighted by Gasteiger charge is 2.21. The minimum absolute atomic E-state index is 0. The van der Waals surface area contributed by atoms with Crippen molar-refractivity contribution in [3.8, 4) is 0 Å². The Balaban J connectivity index is 0.00000225. The molecular formula is C18H26FIN4S. The highest BCUT2D eigenvalue weighted by Crippen LogP contribution is 2.21. The van der Waals surface area contributed by atoms with Gasteiger partial charge in [0.05, 0.1) is 0 Å². The third kappa shape index (κ3) is 5.03. The van der Waals surface area contributed by atoms with Crippen molar-refractivity contribution in [2.75, 3.05) is 32.4 Å². The molecule has 138 valence electrons. The van der Waals surface area contributed by atoms with Gasteiger partial charge >= 0.3 is 0 Å². The molecule has 1 aliphatic heterocycles. The Morgan fingerprint density at radius 2 is 2.32 bits per heavy atom. The summed E-state index contributed by atoms with van der Waals surface area (Å²) < 4.78 is 13.5. The molecule has 1 atom stereocenters. The Hall–Kier alpha value is -0.960. The molecule has 7 heteroatoms. The highest BCUT2D eigenvalue weighted by atomic mass is 127. The van der Waals surface area contributed by atoms with E-state index in [9.17, 15) is 4.39 Å². The fraction of sp³-hybridized carbons (Fsp3) is 0.500. The topological polar surface area (TPSA) is 43.4 Å². The lowest BCUT2D eigenvalue weighted by Crippen LogP contribution is -2.48. The molecule has 0 spiro atoms. The van der Waals surface area contributed by atoms with Crippen molar-refractivity contribution in [2.24, 2.45) is 4.99 Å². The fourth-order valence-electron chi connectivity index (χ4n) is 3.16. The lowest BCUT2D eigenvalue weighted by Gasteiger charge is -2.34. The molecule has 0 aliphatic carbocycles. The zero-order valence-electron chi connectivity index (χ0n) is 14.7. The summed E-state index contributed by atoms with van der Waals surface area (Å²) in [6, 6.07) is 4.88. The average molecular weight is 476 g/mol. The van der Waals surface area contributed by atoms with E-state index in [0.29, 0.717) is 5.25 Å². The van der Waals surface area contributed by atoms with E-state index in [2.05, 4.69) is 38.9 Å². The molecule has 0 amide bonds. The quantitative estimate of drug-likeness (QED) is 0.400. The molecule has 1 aromatic carbocycles. The normalized spacial score (nSPS) is 18.3. The highest BCUT2D eigenvalue weighted by molar-refractivity contribution is 14.0. The fourth-order valence-corrected chi connectivity index (χ4v) is 4.34. The van der Waals surface area contributed by atoms with Gasteiger partial charge in [0, 0.05) is 54.8 Å². The molecule has 1 fully saturated rings. The van der Waals surface area contributed by atoms with Crippen molar-refractivity contribution in [1.82, 2.24) is 15.2 Å². The number of benzene rings is 1. The van der Waals surface area contributed by atoms with E-state index in [4.69, 9.17) is 0 Å². The maximum absolute atomic E-state index is 13.5. The summed E-state index contributed by atoms with van der Waals surface area (Å²) in [7, 11) is 1.84. The predicted octanol–water partition coefficient (Wildman–Crippen LogP) is 3.87. The molecule has 1 saturated heterocycles. The molecule has 0 radical (unpaired) electrons. The second kappa shape index (κ2) is 9.66. The number of aromatic nitrogens is 1. The first kappa shape index (κ1) is 20.4.